The summed E-state index contributed by atoms with van der Waals surface area (Å²) in [4.78, 5) is 10.9. The quantitative estimate of drug-likeness (QED) is 0.806. The van der Waals surface area contributed by atoms with E-state index >= 15 is 0 Å². The molecule has 0 fully saturated rings. The monoisotopic (exact) mass is 358 g/mol. The van der Waals surface area contributed by atoms with Gasteiger partial charge in [-0.05, 0) is 47.9 Å². The molecule has 0 aromatic heterocycles. The number of carboxylic acid groups (broad SMARTS) is 1. The SMILES string of the molecule is Cc1cc(-c2ccc(C(=O)O)cc2Br)cc(C(F)(F)F)c1. The van der Waals surface area contributed by atoms with Crippen molar-refractivity contribution in [3.05, 3.63) is 57.6 Å². The minimum atomic E-state index is -4.42. The molecule has 0 unspecified atom stereocenters. The van der Waals surface area contributed by atoms with E-state index in [9.17, 15) is 18.0 Å². The second kappa shape index (κ2) is 5.52. The summed E-state index contributed by atoms with van der Waals surface area (Å²) < 4.78 is 39.0. The lowest BCUT2D eigenvalue weighted by atomic mass is 9.99. The highest BCUT2D eigenvalue weighted by Crippen LogP contribution is 2.35. The van der Waals surface area contributed by atoms with Crippen molar-refractivity contribution in [1.82, 2.24) is 0 Å². The van der Waals surface area contributed by atoms with Crippen LogP contribution in [0.1, 0.15) is 21.5 Å². The predicted molar refractivity (Wildman–Crippen MR) is 76.3 cm³/mol. The van der Waals surface area contributed by atoms with Crippen LogP contribution in [0, 0.1) is 6.92 Å². The second-order valence-electron chi connectivity index (χ2n) is 4.59. The van der Waals surface area contributed by atoms with Crippen molar-refractivity contribution >= 4 is 21.9 Å². The van der Waals surface area contributed by atoms with E-state index < -0.39 is 17.7 Å². The third-order valence-corrected chi connectivity index (χ3v) is 3.59. The summed E-state index contributed by atoms with van der Waals surface area (Å²) in [6.07, 6.45) is -4.42. The Labute approximate surface area is 127 Å². The van der Waals surface area contributed by atoms with Gasteiger partial charge in [0.2, 0.25) is 0 Å². The van der Waals surface area contributed by atoms with E-state index in [0.717, 1.165) is 12.1 Å². The van der Waals surface area contributed by atoms with E-state index in [1.807, 2.05) is 0 Å². The predicted octanol–water partition coefficient (Wildman–Crippen LogP) is 5.14. The lowest BCUT2D eigenvalue weighted by molar-refractivity contribution is -0.137. The Bertz CT molecular complexity index is 709. The summed E-state index contributed by atoms with van der Waals surface area (Å²) in [6.45, 7) is 1.58. The average molecular weight is 359 g/mol. The Kier molecular flexibility index (Phi) is 4.09. The summed E-state index contributed by atoms with van der Waals surface area (Å²) in [5.74, 6) is -1.09. The topological polar surface area (TPSA) is 37.3 Å². The van der Waals surface area contributed by atoms with Crippen molar-refractivity contribution in [3.63, 3.8) is 0 Å². The van der Waals surface area contributed by atoms with Gasteiger partial charge in [-0.15, -0.1) is 0 Å². The molecule has 2 aromatic carbocycles. The first-order chi connectivity index (χ1) is 9.68. The Hall–Kier alpha value is -1.82. The first-order valence-corrected chi connectivity index (χ1v) is 6.70. The minimum absolute atomic E-state index is 0.0642. The molecule has 0 aliphatic heterocycles. The van der Waals surface area contributed by atoms with Gasteiger partial charge < -0.3 is 5.11 Å². The Morgan fingerprint density at radius 3 is 2.33 bits per heavy atom. The van der Waals surface area contributed by atoms with Crippen LogP contribution >= 0.6 is 15.9 Å². The lowest BCUT2D eigenvalue weighted by Gasteiger charge is -2.12. The highest BCUT2D eigenvalue weighted by Gasteiger charge is 2.31. The second-order valence-corrected chi connectivity index (χ2v) is 5.44. The summed E-state index contributed by atoms with van der Waals surface area (Å²) >= 11 is 3.21. The molecule has 2 aromatic rings. The summed E-state index contributed by atoms with van der Waals surface area (Å²) in [5, 5.41) is 8.90. The molecule has 0 saturated carbocycles. The van der Waals surface area contributed by atoms with Crippen molar-refractivity contribution < 1.29 is 23.1 Å². The number of halogens is 4. The van der Waals surface area contributed by atoms with Crippen LogP contribution in [0.2, 0.25) is 0 Å². The largest absolute Gasteiger partial charge is 0.478 e. The van der Waals surface area contributed by atoms with E-state index in [4.69, 9.17) is 5.11 Å². The summed E-state index contributed by atoms with van der Waals surface area (Å²) in [7, 11) is 0. The van der Waals surface area contributed by atoms with E-state index in [2.05, 4.69) is 15.9 Å². The van der Waals surface area contributed by atoms with Crippen LogP contribution in [-0.4, -0.2) is 11.1 Å². The Morgan fingerprint density at radius 1 is 1.14 bits per heavy atom. The number of carbonyl (C=O) groups is 1. The van der Waals surface area contributed by atoms with Gasteiger partial charge in [-0.1, -0.05) is 28.1 Å². The molecule has 0 bridgehead atoms. The molecule has 0 aliphatic carbocycles. The molecule has 110 valence electrons. The van der Waals surface area contributed by atoms with Crippen LogP contribution < -0.4 is 0 Å². The molecule has 0 heterocycles. The van der Waals surface area contributed by atoms with E-state index in [-0.39, 0.29) is 5.56 Å². The molecule has 2 nitrogen and oxygen atoms in total. The zero-order valence-electron chi connectivity index (χ0n) is 10.8. The highest BCUT2D eigenvalue weighted by molar-refractivity contribution is 9.10. The molecule has 6 heteroatoms. The number of benzene rings is 2. The van der Waals surface area contributed by atoms with Crippen LogP contribution in [0.25, 0.3) is 11.1 Å². The van der Waals surface area contributed by atoms with Gasteiger partial charge >= 0.3 is 12.1 Å². The van der Waals surface area contributed by atoms with Crippen molar-refractivity contribution in [2.45, 2.75) is 13.1 Å². The highest BCUT2D eigenvalue weighted by atomic mass is 79.9. The van der Waals surface area contributed by atoms with E-state index in [0.29, 0.717) is 21.2 Å². The first-order valence-electron chi connectivity index (χ1n) is 5.90. The Balaban J connectivity index is 2.57. The lowest BCUT2D eigenvalue weighted by Crippen LogP contribution is -2.05. The van der Waals surface area contributed by atoms with Gasteiger partial charge in [-0.2, -0.15) is 13.2 Å². The molecule has 1 N–H and O–H groups in total. The number of alkyl halides is 3. The molecular weight excluding hydrogens is 349 g/mol. The number of hydrogen-bond acceptors (Lipinski definition) is 1. The van der Waals surface area contributed by atoms with Crippen molar-refractivity contribution in [2.24, 2.45) is 0 Å². The fraction of sp³-hybridized carbons (Fsp3) is 0.133. The van der Waals surface area contributed by atoms with E-state index in [1.165, 1.54) is 18.2 Å². The molecule has 0 aliphatic rings. The van der Waals surface area contributed by atoms with Crippen molar-refractivity contribution in [3.8, 4) is 11.1 Å². The number of carboxylic acids is 1. The van der Waals surface area contributed by atoms with Gasteiger partial charge in [0.05, 0.1) is 11.1 Å². The molecule has 2 rings (SSSR count). The smallest absolute Gasteiger partial charge is 0.416 e. The number of rotatable bonds is 2. The zero-order valence-corrected chi connectivity index (χ0v) is 12.4. The van der Waals surface area contributed by atoms with Crippen molar-refractivity contribution in [1.29, 1.82) is 0 Å². The molecule has 0 spiro atoms. The fourth-order valence-corrected chi connectivity index (χ4v) is 2.59. The summed E-state index contributed by atoms with van der Waals surface area (Å²) in [5.41, 5.74) is 0.704. The molecular formula is C15H10BrF3O2. The third-order valence-electron chi connectivity index (χ3n) is 2.93. The number of aryl methyl sites for hydroxylation is 1. The maximum absolute atomic E-state index is 12.8. The standard InChI is InChI=1S/C15H10BrF3O2/c1-8-4-10(6-11(5-8)15(17,18)19)12-3-2-9(14(20)21)7-13(12)16/h2-7H,1H3,(H,20,21). The van der Waals surface area contributed by atoms with Crippen LogP contribution in [-0.2, 0) is 6.18 Å². The van der Waals surface area contributed by atoms with Gasteiger partial charge in [0, 0.05) is 4.47 Å². The first kappa shape index (κ1) is 15.6. The van der Waals surface area contributed by atoms with Crippen LogP contribution in [0.3, 0.4) is 0 Å². The average Bonchev–Trinajstić information content (AvgIpc) is 2.36. The molecule has 0 saturated heterocycles. The number of hydrogen-bond donors (Lipinski definition) is 1. The van der Waals surface area contributed by atoms with Crippen LogP contribution in [0.4, 0.5) is 13.2 Å². The number of aromatic carboxylic acids is 1. The summed E-state index contributed by atoms with van der Waals surface area (Å²) in [6, 6.07) is 7.96. The molecule has 0 atom stereocenters. The minimum Gasteiger partial charge on any atom is -0.478 e. The normalized spacial score (nSPS) is 11.5. The molecule has 21 heavy (non-hydrogen) atoms. The van der Waals surface area contributed by atoms with Crippen LogP contribution in [0.15, 0.2) is 40.9 Å². The van der Waals surface area contributed by atoms with Gasteiger partial charge in [-0.3, -0.25) is 0 Å². The van der Waals surface area contributed by atoms with Crippen LogP contribution in [0.5, 0.6) is 0 Å². The molecule has 0 radical (unpaired) electrons. The molecule has 0 amide bonds. The maximum Gasteiger partial charge on any atom is 0.416 e. The van der Waals surface area contributed by atoms with Gasteiger partial charge in [0.1, 0.15) is 0 Å². The fourth-order valence-electron chi connectivity index (χ4n) is 1.98. The van der Waals surface area contributed by atoms with E-state index in [1.54, 1.807) is 13.0 Å². The Morgan fingerprint density at radius 2 is 1.81 bits per heavy atom. The zero-order chi connectivity index (χ0) is 15.8. The van der Waals surface area contributed by atoms with Gasteiger partial charge in [-0.25, -0.2) is 4.79 Å². The van der Waals surface area contributed by atoms with Gasteiger partial charge in [0.15, 0.2) is 0 Å². The van der Waals surface area contributed by atoms with Crippen molar-refractivity contribution in [2.75, 3.05) is 0 Å². The van der Waals surface area contributed by atoms with Gasteiger partial charge in [0.25, 0.3) is 0 Å². The third kappa shape index (κ3) is 3.44. The maximum atomic E-state index is 12.8.